The maximum atomic E-state index is 5.19. The van der Waals surface area contributed by atoms with Gasteiger partial charge in [-0.3, -0.25) is 0 Å². The number of rotatable bonds is 1. The van der Waals surface area contributed by atoms with Crippen LogP contribution in [0.1, 0.15) is 0 Å². The van der Waals surface area contributed by atoms with Gasteiger partial charge in [0.2, 0.25) is 0 Å². The second kappa shape index (κ2) is 3.78. The van der Waals surface area contributed by atoms with Crippen LogP contribution >= 0.6 is 12.2 Å². The van der Waals surface area contributed by atoms with E-state index in [9.17, 15) is 0 Å². The van der Waals surface area contributed by atoms with Gasteiger partial charge >= 0.3 is 0 Å². The van der Waals surface area contributed by atoms with Gasteiger partial charge in [-0.05, 0) is 36.5 Å². The zero-order valence-electron chi connectivity index (χ0n) is 9.10. The van der Waals surface area contributed by atoms with Crippen LogP contribution in [0.5, 0.6) is 5.75 Å². The Hall–Kier alpha value is -2.01. The van der Waals surface area contributed by atoms with E-state index in [0.717, 1.165) is 27.7 Å². The van der Waals surface area contributed by atoms with E-state index >= 15 is 0 Å². The maximum absolute atomic E-state index is 5.19. The van der Waals surface area contributed by atoms with Crippen LogP contribution < -0.4 is 4.74 Å². The minimum absolute atomic E-state index is 0.442. The molecule has 0 atom stereocenters. The number of H-pyrrole nitrogens is 1. The van der Waals surface area contributed by atoms with Gasteiger partial charge < -0.3 is 9.72 Å². The van der Waals surface area contributed by atoms with Crippen LogP contribution in [-0.4, -0.2) is 22.1 Å². The summed E-state index contributed by atoms with van der Waals surface area (Å²) in [7, 11) is 1.65. The highest BCUT2D eigenvalue weighted by Crippen LogP contribution is 2.22. The summed E-state index contributed by atoms with van der Waals surface area (Å²) in [5.74, 6) is 0.815. The van der Waals surface area contributed by atoms with Gasteiger partial charge in [0.1, 0.15) is 11.4 Å². The molecule has 0 aliphatic carbocycles. The molecule has 2 aromatic heterocycles. The monoisotopic (exact) mass is 243 g/mol. The molecule has 2 heterocycles. The molecule has 0 bridgehead atoms. The third-order valence-corrected chi connectivity index (χ3v) is 2.81. The van der Waals surface area contributed by atoms with Gasteiger partial charge in [-0.1, -0.05) is 0 Å². The molecule has 0 aliphatic heterocycles. The van der Waals surface area contributed by atoms with Crippen molar-refractivity contribution in [2.75, 3.05) is 7.11 Å². The Labute approximate surface area is 102 Å². The standard InChI is InChI=1S/C12H9N3OS/c1-16-9-2-3-10-7(5-9)4-8-6-13-12(17)15-11(8)14-10/h2-6H,1H3,(H,13,14,15,17). The molecule has 0 aliphatic rings. The molecule has 0 fully saturated rings. The molecule has 0 saturated carbocycles. The van der Waals surface area contributed by atoms with E-state index in [4.69, 9.17) is 17.0 Å². The quantitative estimate of drug-likeness (QED) is 0.527. The van der Waals surface area contributed by atoms with Gasteiger partial charge in [0.25, 0.3) is 0 Å². The second-order valence-electron chi connectivity index (χ2n) is 3.67. The van der Waals surface area contributed by atoms with Crippen LogP contribution in [0, 0.1) is 4.77 Å². The lowest BCUT2D eigenvalue weighted by molar-refractivity contribution is 0.415. The number of methoxy groups -OCH3 is 1. The number of benzene rings is 1. The zero-order valence-corrected chi connectivity index (χ0v) is 9.91. The fraction of sp³-hybridized carbons (Fsp3) is 0.0833. The van der Waals surface area contributed by atoms with Crippen molar-refractivity contribution in [3.63, 3.8) is 0 Å². The predicted molar refractivity (Wildman–Crippen MR) is 68.8 cm³/mol. The summed E-state index contributed by atoms with van der Waals surface area (Å²) < 4.78 is 5.63. The molecule has 0 spiro atoms. The molecule has 3 rings (SSSR count). The Morgan fingerprint density at radius 3 is 2.94 bits per heavy atom. The normalized spacial score (nSPS) is 10.9. The average molecular weight is 243 g/mol. The minimum atomic E-state index is 0.442. The number of nitrogens with zero attached hydrogens (tertiary/aromatic N) is 2. The highest BCUT2D eigenvalue weighted by Gasteiger charge is 2.01. The van der Waals surface area contributed by atoms with Crippen molar-refractivity contribution in [2.45, 2.75) is 0 Å². The first kappa shape index (κ1) is 10.2. The van der Waals surface area contributed by atoms with Crippen molar-refractivity contribution in [3.8, 4) is 5.75 Å². The topological polar surface area (TPSA) is 50.8 Å². The predicted octanol–water partition coefficient (Wildman–Crippen LogP) is 2.85. The molecule has 4 nitrogen and oxygen atoms in total. The Bertz CT molecular complexity index is 766. The number of pyridine rings is 1. The third kappa shape index (κ3) is 1.74. The van der Waals surface area contributed by atoms with Gasteiger partial charge in [-0.2, -0.15) is 0 Å². The highest BCUT2D eigenvalue weighted by molar-refractivity contribution is 7.71. The van der Waals surface area contributed by atoms with Crippen molar-refractivity contribution >= 4 is 34.2 Å². The van der Waals surface area contributed by atoms with Crippen LogP contribution in [0.15, 0.2) is 30.5 Å². The Balaban J connectivity index is 2.39. The second-order valence-corrected chi connectivity index (χ2v) is 4.06. The highest BCUT2D eigenvalue weighted by atomic mass is 32.1. The van der Waals surface area contributed by atoms with Crippen molar-refractivity contribution in [1.82, 2.24) is 15.0 Å². The van der Waals surface area contributed by atoms with Crippen LogP contribution in [0.4, 0.5) is 0 Å². The first-order valence-corrected chi connectivity index (χ1v) is 5.51. The van der Waals surface area contributed by atoms with Crippen molar-refractivity contribution < 1.29 is 4.74 Å². The maximum Gasteiger partial charge on any atom is 0.198 e. The van der Waals surface area contributed by atoms with Gasteiger partial charge in [0.15, 0.2) is 4.77 Å². The average Bonchev–Trinajstić information content (AvgIpc) is 2.35. The number of hydrogen-bond acceptors (Lipinski definition) is 4. The van der Waals surface area contributed by atoms with E-state index < -0.39 is 0 Å². The Morgan fingerprint density at radius 1 is 1.24 bits per heavy atom. The first-order valence-electron chi connectivity index (χ1n) is 5.10. The molecule has 3 aromatic rings. The summed E-state index contributed by atoms with van der Waals surface area (Å²) in [6.45, 7) is 0. The molecular formula is C12H9N3OS. The number of ether oxygens (including phenoxy) is 1. The number of fused-ring (bicyclic) bond motifs is 2. The molecule has 84 valence electrons. The summed E-state index contributed by atoms with van der Waals surface area (Å²) in [5.41, 5.74) is 1.65. The molecule has 1 aromatic carbocycles. The Morgan fingerprint density at radius 2 is 2.12 bits per heavy atom. The summed E-state index contributed by atoms with van der Waals surface area (Å²) >= 11 is 4.98. The van der Waals surface area contributed by atoms with Crippen LogP contribution in [0.25, 0.3) is 21.9 Å². The molecule has 0 amide bonds. The van der Waals surface area contributed by atoms with Crippen LogP contribution in [0.3, 0.4) is 0 Å². The fourth-order valence-corrected chi connectivity index (χ4v) is 1.91. The minimum Gasteiger partial charge on any atom is -0.497 e. The molecule has 0 unspecified atom stereocenters. The lowest BCUT2D eigenvalue weighted by Crippen LogP contribution is -1.89. The molecule has 17 heavy (non-hydrogen) atoms. The van der Waals surface area contributed by atoms with Crippen molar-refractivity contribution in [1.29, 1.82) is 0 Å². The van der Waals surface area contributed by atoms with Crippen molar-refractivity contribution in [2.24, 2.45) is 0 Å². The first-order chi connectivity index (χ1) is 8.26. The van der Waals surface area contributed by atoms with E-state index in [0.29, 0.717) is 4.77 Å². The number of hydrogen-bond donors (Lipinski definition) is 1. The van der Waals surface area contributed by atoms with Gasteiger partial charge in [-0.15, -0.1) is 0 Å². The Kier molecular flexibility index (Phi) is 2.26. The largest absolute Gasteiger partial charge is 0.497 e. The lowest BCUT2D eigenvalue weighted by atomic mass is 10.2. The van der Waals surface area contributed by atoms with Crippen molar-refractivity contribution in [3.05, 3.63) is 35.2 Å². The van der Waals surface area contributed by atoms with E-state index in [1.54, 1.807) is 13.3 Å². The van der Waals surface area contributed by atoms with E-state index in [-0.39, 0.29) is 0 Å². The van der Waals surface area contributed by atoms with Gasteiger partial charge in [0, 0.05) is 17.0 Å². The lowest BCUT2D eigenvalue weighted by Gasteiger charge is -2.03. The molecule has 1 N–H and O–H groups in total. The number of aromatic amines is 1. The van der Waals surface area contributed by atoms with Crippen LogP contribution in [-0.2, 0) is 0 Å². The molecule has 5 heteroatoms. The summed E-state index contributed by atoms with van der Waals surface area (Å²) in [4.78, 5) is 11.5. The smallest absolute Gasteiger partial charge is 0.198 e. The third-order valence-electron chi connectivity index (χ3n) is 2.60. The molecule has 0 saturated heterocycles. The molecule has 0 radical (unpaired) electrons. The summed E-state index contributed by atoms with van der Waals surface area (Å²) in [6, 6.07) is 7.77. The molecular weight excluding hydrogens is 234 g/mol. The zero-order chi connectivity index (χ0) is 11.8. The SMILES string of the molecule is COc1ccc2nc3[nH]c(=S)ncc3cc2c1. The van der Waals surface area contributed by atoms with Gasteiger partial charge in [0.05, 0.1) is 12.6 Å². The fourth-order valence-electron chi connectivity index (χ4n) is 1.76. The van der Waals surface area contributed by atoms with E-state index in [1.165, 1.54) is 0 Å². The van der Waals surface area contributed by atoms with Crippen LogP contribution in [0.2, 0.25) is 0 Å². The van der Waals surface area contributed by atoms with E-state index in [2.05, 4.69) is 15.0 Å². The number of aromatic nitrogens is 3. The number of nitrogens with one attached hydrogen (secondary N) is 1. The summed E-state index contributed by atoms with van der Waals surface area (Å²) in [6.07, 6.45) is 1.72. The van der Waals surface area contributed by atoms with E-state index in [1.807, 2.05) is 24.3 Å². The summed E-state index contributed by atoms with van der Waals surface area (Å²) in [5, 5.41) is 1.95. The van der Waals surface area contributed by atoms with Gasteiger partial charge in [-0.25, -0.2) is 9.97 Å².